The molecule has 0 saturated carbocycles. The van der Waals surface area contributed by atoms with E-state index < -0.39 is 0 Å². The van der Waals surface area contributed by atoms with Gasteiger partial charge in [0.25, 0.3) is 5.91 Å². The number of benzene rings is 1. The summed E-state index contributed by atoms with van der Waals surface area (Å²) in [5.74, 6) is 5.18. The molecule has 0 radical (unpaired) electrons. The van der Waals surface area contributed by atoms with Gasteiger partial charge in [0.2, 0.25) is 0 Å². The minimum Gasteiger partial charge on any atom is -0.322 e. The van der Waals surface area contributed by atoms with E-state index in [4.69, 9.17) is 22.7 Å². The van der Waals surface area contributed by atoms with E-state index in [1.54, 1.807) is 18.2 Å². The summed E-state index contributed by atoms with van der Waals surface area (Å²) in [6.45, 7) is 1.84. The van der Waals surface area contributed by atoms with Crippen LogP contribution < -0.4 is 16.6 Å². The third kappa shape index (κ3) is 3.48. The van der Waals surface area contributed by atoms with E-state index in [1.807, 2.05) is 13.0 Å². The van der Waals surface area contributed by atoms with E-state index in [0.717, 1.165) is 5.56 Å². The molecule has 21 heavy (non-hydrogen) atoms. The van der Waals surface area contributed by atoms with Gasteiger partial charge in [-0.05, 0) is 36.8 Å². The molecule has 106 valence electrons. The first-order chi connectivity index (χ1) is 10.0. The Morgan fingerprint density at radius 1 is 1.38 bits per heavy atom. The van der Waals surface area contributed by atoms with Crippen molar-refractivity contribution in [2.45, 2.75) is 6.92 Å². The van der Waals surface area contributed by atoms with E-state index in [9.17, 15) is 4.79 Å². The average molecular weight is 302 g/mol. The average Bonchev–Trinajstić information content (AvgIpc) is 2.48. The van der Waals surface area contributed by atoms with Gasteiger partial charge in [-0.15, -0.1) is 0 Å². The first-order valence-corrected chi connectivity index (χ1v) is 6.37. The topological polar surface area (TPSA) is 104 Å². The summed E-state index contributed by atoms with van der Waals surface area (Å²) in [4.78, 5) is 16.1. The number of hydrogen-bond donors (Lipinski definition) is 3. The minimum absolute atomic E-state index is 0.151. The van der Waals surface area contributed by atoms with Crippen LogP contribution >= 0.6 is 11.6 Å². The van der Waals surface area contributed by atoms with Gasteiger partial charge in [-0.25, -0.2) is 10.8 Å². The van der Waals surface area contributed by atoms with Crippen molar-refractivity contribution in [1.29, 1.82) is 5.26 Å². The Morgan fingerprint density at radius 2 is 2.14 bits per heavy atom. The molecule has 6 nitrogen and oxygen atoms in total. The first kappa shape index (κ1) is 14.8. The van der Waals surface area contributed by atoms with Gasteiger partial charge in [-0.2, -0.15) is 5.26 Å². The molecule has 0 aliphatic rings. The lowest BCUT2D eigenvalue weighted by Crippen LogP contribution is -2.15. The molecule has 1 amide bonds. The zero-order valence-electron chi connectivity index (χ0n) is 11.1. The molecule has 0 bridgehead atoms. The van der Waals surface area contributed by atoms with Crippen molar-refractivity contribution in [2.24, 2.45) is 5.84 Å². The molecule has 0 unspecified atom stereocenters. The minimum atomic E-state index is -0.367. The Hall–Kier alpha value is -2.62. The Labute approximate surface area is 126 Å². The van der Waals surface area contributed by atoms with Crippen LogP contribution in [0.4, 0.5) is 11.5 Å². The molecule has 0 atom stereocenters. The molecule has 4 N–H and O–H groups in total. The SMILES string of the molecule is Cc1ccc(C#N)cc1NC(=O)c1cc(Cl)nc(NN)c1. The number of carbonyl (C=O) groups excluding carboxylic acids is 1. The number of hydrazine groups is 1. The zero-order chi connectivity index (χ0) is 15.4. The molecule has 1 aromatic carbocycles. The third-order valence-corrected chi connectivity index (χ3v) is 3.01. The van der Waals surface area contributed by atoms with Gasteiger partial charge >= 0.3 is 0 Å². The van der Waals surface area contributed by atoms with E-state index >= 15 is 0 Å². The Bertz CT molecular complexity index is 739. The molecule has 7 heteroatoms. The lowest BCUT2D eigenvalue weighted by molar-refractivity contribution is 0.102. The standard InChI is InChI=1S/C14H12ClN5O/c1-8-2-3-9(7-16)4-11(8)18-14(21)10-5-12(15)19-13(6-10)20-17/h2-6H,17H2,1H3,(H,18,21)(H,19,20). The Kier molecular flexibility index (Phi) is 4.38. The van der Waals surface area contributed by atoms with Crippen LogP contribution in [0.1, 0.15) is 21.5 Å². The van der Waals surface area contributed by atoms with Crippen LogP contribution in [-0.4, -0.2) is 10.9 Å². The van der Waals surface area contributed by atoms with Crippen LogP contribution in [-0.2, 0) is 0 Å². The van der Waals surface area contributed by atoms with Gasteiger partial charge in [0.1, 0.15) is 11.0 Å². The third-order valence-electron chi connectivity index (χ3n) is 2.82. The van der Waals surface area contributed by atoms with Crippen molar-refractivity contribution in [3.8, 4) is 6.07 Å². The summed E-state index contributed by atoms with van der Waals surface area (Å²) >= 11 is 5.83. The monoisotopic (exact) mass is 301 g/mol. The normalized spacial score (nSPS) is 9.81. The molecule has 0 spiro atoms. The van der Waals surface area contributed by atoms with Crippen molar-refractivity contribution >= 4 is 29.0 Å². The van der Waals surface area contributed by atoms with Crippen molar-refractivity contribution in [3.63, 3.8) is 0 Å². The Balaban J connectivity index is 2.30. The predicted octanol–water partition coefficient (Wildman–Crippen LogP) is 2.45. The smallest absolute Gasteiger partial charge is 0.255 e. The predicted molar refractivity (Wildman–Crippen MR) is 80.9 cm³/mol. The van der Waals surface area contributed by atoms with Crippen molar-refractivity contribution < 1.29 is 4.79 Å². The number of pyridine rings is 1. The largest absolute Gasteiger partial charge is 0.322 e. The quantitative estimate of drug-likeness (QED) is 0.459. The van der Waals surface area contributed by atoms with E-state index in [-0.39, 0.29) is 16.9 Å². The molecule has 2 rings (SSSR count). The summed E-state index contributed by atoms with van der Waals surface area (Å²) in [7, 11) is 0. The van der Waals surface area contributed by atoms with Gasteiger partial charge in [-0.3, -0.25) is 4.79 Å². The fourth-order valence-electron chi connectivity index (χ4n) is 1.72. The highest BCUT2D eigenvalue weighted by molar-refractivity contribution is 6.30. The summed E-state index contributed by atoms with van der Waals surface area (Å²) in [6.07, 6.45) is 0. The van der Waals surface area contributed by atoms with Crippen molar-refractivity contribution in [1.82, 2.24) is 4.98 Å². The number of amides is 1. The maximum atomic E-state index is 12.2. The molecule has 0 aliphatic carbocycles. The van der Waals surface area contributed by atoms with E-state index in [1.165, 1.54) is 12.1 Å². The molecular formula is C14H12ClN5O. The number of nitrogen functional groups attached to an aromatic ring is 1. The fraction of sp³-hybridized carbons (Fsp3) is 0.0714. The van der Waals surface area contributed by atoms with Crippen LogP contribution in [0.15, 0.2) is 30.3 Å². The number of nitriles is 1. The van der Waals surface area contributed by atoms with Gasteiger partial charge in [0.15, 0.2) is 0 Å². The van der Waals surface area contributed by atoms with Crippen LogP contribution in [0.3, 0.4) is 0 Å². The second-order valence-corrected chi connectivity index (χ2v) is 4.69. The van der Waals surface area contributed by atoms with Crippen molar-refractivity contribution in [2.75, 3.05) is 10.7 Å². The molecule has 0 fully saturated rings. The number of nitrogens with two attached hydrogens (primary N) is 1. The number of hydrogen-bond acceptors (Lipinski definition) is 5. The summed E-state index contributed by atoms with van der Waals surface area (Å²) in [6, 6.07) is 9.99. The maximum Gasteiger partial charge on any atom is 0.255 e. The van der Waals surface area contributed by atoms with E-state index in [0.29, 0.717) is 16.8 Å². The molecule has 2 aromatic rings. The number of nitrogens with zero attached hydrogens (tertiary/aromatic N) is 2. The molecule has 1 aromatic heterocycles. The highest BCUT2D eigenvalue weighted by Crippen LogP contribution is 2.19. The maximum absolute atomic E-state index is 12.2. The lowest BCUT2D eigenvalue weighted by Gasteiger charge is -2.10. The number of halogens is 1. The highest BCUT2D eigenvalue weighted by atomic mass is 35.5. The number of anilines is 2. The second-order valence-electron chi connectivity index (χ2n) is 4.30. The summed E-state index contributed by atoms with van der Waals surface area (Å²) < 4.78 is 0. The van der Waals surface area contributed by atoms with Crippen LogP contribution in [0.25, 0.3) is 0 Å². The highest BCUT2D eigenvalue weighted by Gasteiger charge is 2.11. The van der Waals surface area contributed by atoms with Gasteiger partial charge in [-0.1, -0.05) is 17.7 Å². The number of nitrogens with one attached hydrogen (secondary N) is 2. The van der Waals surface area contributed by atoms with Gasteiger partial charge in [0.05, 0.1) is 11.6 Å². The van der Waals surface area contributed by atoms with Crippen LogP contribution in [0, 0.1) is 18.3 Å². The zero-order valence-corrected chi connectivity index (χ0v) is 11.9. The molecular weight excluding hydrogens is 290 g/mol. The fourth-order valence-corrected chi connectivity index (χ4v) is 1.93. The van der Waals surface area contributed by atoms with Gasteiger partial charge in [0, 0.05) is 11.3 Å². The Morgan fingerprint density at radius 3 is 2.81 bits per heavy atom. The van der Waals surface area contributed by atoms with Crippen LogP contribution in [0.5, 0.6) is 0 Å². The summed E-state index contributed by atoms with van der Waals surface area (Å²) in [5, 5.41) is 11.8. The molecule has 1 heterocycles. The molecule has 0 saturated heterocycles. The number of aryl methyl sites for hydroxylation is 1. The molecule has 0 aliphatic heterocycles. The lowest BCUT2D eigenvalue weighted by atomic mass is 10.1. The van der Waals surface area contributed by atoms with Crippen LogP contribution in [0.2, 0.25) is 5.15 Å². The first-order valence-electron chi connectivity index (χ1n) is 6.00. The summed E-state index contributed by atoms with van der Waals surface area (Å²) in [5.41, 5.74) is 4.52. The second kappa shape index (κ2) is 6.22. The number of aromatic nitrogens is 1. The van der Waals surface area contributed by atoms with Crippen molar-refractivity contribution in [3.05, 3.63) is 52.2 Å². The number of rotatable bonds is 3. The van der Waals surface area contributed by atoms with E-state index in [2.05, 4.69) is 15.7 Å². The van der Waals surface area contributed by atoms with Gasteiger partial charge < -0.3 is 10.7 Å². The number of carbonyl (C=O) groups is 1.